The van der Waals surface area contributed by atoms with Gasteiger partial charge in [0.2, 0.25) is 5.91 Å². The SMILES string of the molecule is O=C(NCc1cn[nH]n1)C1CC2CC=CC3=C2N1C=CCO3. The molecule has 1 aliphatic carbocycles. The zero-order valence-electron chi connectivity index (χ0n) is 12.0. The number of nitrogens with one attached hydrogen (secondary N) is 2. The molecule has 1 amide bonds. The van der Waals surface area contributed by atoms with Crippen LogP contribution in [-0.4, -0.2) is 38.9 Å². The fourth-order valence-corrected chi connectivity index (χ4v) is 3.27. The highest BCUT2D eigenvalue weighted by atomic mass is 16.5. The molecule has 7 heteroatoms. The van der Waals surface area contributed by atoms with Crippen molar-refractivity contribution in [2.75, 3.05) is 6.61 Å². The molecule has 0 bridgehead atoms. The number of nitrogens with zero attached hydrogens (tertiary/aromatic N) is 3. The van der Waals surface area contributed by atoms with E-state index in [-0.39, 0.29) is 11.9 Å². The highest BCUT2D eigenvalue weighted by Crippen LogP contribution is 2.41. The molecular weight excluding hydrogens is 282 g/mol. The first-order valence-corrected chi connectivity index (χ1v) is 7.44. The minimum absolute atomic E-state index is 0.0100. The fourth-order valence-electron chi connectivity index (χ4n) is 3.27. The Balaban J connectivity index is 1.53. The summed E-state index contributed by atoms with van der Waals surface area (Å²) in [5.74, 6) is 1.26. The van der Waals surface area contributed by atoms with Crippen LogP contribution in [0.5, 0.6) is 0 Å². The number of rotatable bonds is 3. The zero-order valence-corrected chi connectivity index (χ0v) is 12.0. The summed E-state index contributed by atoms with van der Waals surface area (Å²) >= 11 is 0. The lowest BCUT2D eigenvalue weighted by Gasteiger charge is -2.24. The number of ether oxygens (including phenoxy) is 1. The molecule has 0 radical (unpaired) electrons. The summed E-state index contributed by atoms with van der Waals surface area (Å²) in [7, 11) is 0. The summed E-state index contributed by atoms with van der Waals surface area (Å²) in [5.41, 5.74) is 1.86. The number of H-pyrrole nitrogens is 1. The molecule has 2 aliphatic heterocycles. The Hall–Kier alpha value is -2.57. The van der Waals surface area contributed by atoms with Crippen LogP contribution in [0, 0.1) is 5.92 Å². The molecule has 1 aromatic heterocycles. The highest BCUT2D eigenvalue weighted by Gasteiger charge is 2.42. The first kappa shape index (κ1) is 13.1. The Bertz CT molecular complexity index is 661. The van der Waals surface area contributed by atoms with E-state index < -0.39 is 0 Å². The van der Waals surface area contributed by atoms with Gasteiger partial charge in [-0.05, 0) is 25.0 Å². The summed E-state index contributed by atoms with van der Waals surface area (Å²) in [6.45, 7) is 0.925. The zero-order chi connectivity index (χ0) is 14.9. The van der Waals surface area contributed by atoms with Crippen molar-refractivity contribution in [2.45, 2.75) is 25.4 Å². The van der Waals surface area contributed by atoms with E-state index in [1.54, 1.807) is 6.20 Å². The second-order valence-corrected chi connectivity index (χ2v) is 5.62. The third kappa shape index (κ3) is 2.18. The van der Waals surface area contributed by atoms with Gasteiger partial charge in [0.25, 0.3) is 0 Å². The van der Waals surface area contributed by atoms with Gasteiger partial charge in [-0.3, -0.25) is 4.79 Å². The van der Waals surface area contributed by atoms with Crippen molar-refractivity contribution >= 4 is 5.91 Å². The lowest BCUT2D eigenvalue weighted by molar-refractivity contribution is -0.124. The Morgan fingerprint density at radius 1 is 1.50 bits per heavy atom. The number of amides is 1. The van der Waals surface area contributed by atoms with Gasteiger partial charge in [-0.25, -0.2) is 0 Å². The van der Waals surface area contributed by atoms with Gasteiger partial charge in [0.05, 0.1) is 18.4 Å². The predicted octanol–water partition coefficient (Wildman–Crippen LogP) is 0.827. The number of aromatic amines is 1. The maximum atomic E-state index is 12.6. The molecule has 0 saturated carbocycles. The standard InChI is InChI=1S/C15H17N5O2/c21-15(16-8-11-9-17-19-18-11)12-7-10-3-1-4-13-14(10)20(12)5-2-6-22-13/h1-2,4-5,9-10,12H,3,6-8H2,(H,16,21)(H,17,18,19). The molecule has 7 nitrogen and oxygen atoms in total. The molecule has 1 aromatic rings. The van der Waals surface area contributed by atoms with Crippen LogP contribution >= 0.6 is 0 Å². The minimum Gasteiger partial charge on any atom is -0.488 e. The predicted molar refractivity (Wildman–Crippen MR) is 77.8 cm³/mol. The van der Waals surface area contributed by atoms with Gasteiger partial charge >= 0.3 is 0 Å². The number of hydrogen-bond donors (Lipinski definition) is 2. The first-order valence-electron chi connectivity index (χ1n) is 7.44. The Morgan fingerprint density at radius 2 is 2.45 bits per heavy atom. The van der Waals surface area contributed by atoms with Crippen molar-refractivity contribution in [2.24, 2.45) is 5.92 Å². The third-order valence-electron chi connectivity index (χ3n) is 4.26. The molecule has 4 rings (SSSR count). The molecule has 22 heavy (non-hydrogen) atoms. The second kappa shape index (κ2) is 5.32. The number of aromatic nitrogens is 3. The lowest BCUT2D eigenvalue weighted by Crippen LogP contribution is -2.40. The van der Waals surface area contributed by atoms with Crippen LogP contribution in [0.4, 0.5) is 0 Å². The van der Waals surface area contributed by atoms with E-state index in [1.165, 1.54) is 0 Å². The number of allylic oxidation sites excluding steroid dienone is 3. The molecule has 114 valence electrons. The molecule has 0 aromatic carbocycles. The quantitative estimate of drug-likeness (QED) is 0.863. The van der Waals surface area contributed by atoms with E-state index >= 15 is 0 Å². The van der Waals surface area contributed by atoms with Crippen LogP contribution in [0.15, 0.2) is 42.1 Å². The average molecular weight is 299 g/mol. The van der Waals surface area contributed by atoms with Crippen molar-refractivity contribution in [1.82, 2.24) is 25.6 Å². The minimum atomic E-state index is -0.195. The van der Waals surface area contributed by atoms with Crippen molar-refractivity contribution < 1.29 is 9.53 Å². The summed E-state index contributed by atoms with van der Waals surface area (Å²) in [6, 6.07) is -0.195. The summed E-state index contributed by atoms with van der Waals surface area (Å²) in [4.78, 5) is 14.6. The van der Waals surface area contributed by atoms with E-state index in [1.807, 2.05) is 18.4 Å². The third-order valence-corrected chi connectivity index (χ3v) is 4.26. The van der Waals surface area contributed by atoms with Gasteiger partial charge in [-0.2, -0.15) is 15.4 Å². The van der Waals surface area contributed by atoms with Crippen LogP contribution < -0.4 is 5.32 Å². The molecule has 1 fully saturated rings. The summed E-state index contributed by atoms with van der Waals surface area (Å²) in [6.07, 6.45) is 11.4. The van der Waals surface area contributed by atoms with E-state index in [4.69, 9.17) is 4.74 Å². The van der Waals surface area contributed by atoms with E-state index in [2.05, 4.69) is 31.7 Å². The number of hydrogen-bond acceptors (Lipinski definition) is 5. The maximum absolute atomic E-state index is 12.6. The van der Waals surface area contributed by atoms with Gasteiger partial charge < -0.3 is 15.0 Å². The molecule has 3 heterocycles. The molecule has 2 atom stereocenters. The monoisotopic (exact) mass is 299 g/mol. The van der Waals surface area contributed by atoms with Crippen LogP contribution in [0.2, 0.25) is 0 Å². The molecule has 3 aliphatic rings. The van der Waals surface area contributed by atoms with Crippen LogP contribution in [0.3, 0.4) is 0 Å². The smallest absolute Gasteiger partial charge is 0.243 e. The maximum Gasteiger partial charge on any atom is 0.243 e. The van der Waals surface area contributed by atoms with Gasteiger partial charge in [-0.1, -0.05) is 6.08 Å². The van der Waals surface area contributed by atoms with E-state index in [9.17, 15) is 4.79 Å². The molecule has 2 N–H and O–H groups in total. The normalized spacial score (nSPS) is 25.7. The van der Waals surface area contributed by atoms with E-state index in [0.29, 0.717) is 19.1 Å². The van der Waals surface area contributed by atoms with E-state index in [0.717, 1.165) is 30.0 Å². The summed E-state index contributed by atoms with van der Waals surface area (Å²) < 4.78 is 5.74. The van der Waals surface area contributed by atoms with Crippen molar-refractivity contribution in [1.29, 1.82) is 0 Å². The van der Waals surface area contributed by atoms with Crippen molar-refractivity contribution in [3.8, 4) is 0 Å². The van der Waals surface area contributed by atoms with Gasteiger partial charge in [0.1, 0.15) is 24.1 Å². The molecule has 2 unspecified atom stereocenters. The molecular formula is C15H17N5O2. The Kier molecular flexibility index (Phi) is 3.17. The lowest BCUT2D eigenvalue weighted by atomic mass is 9.94. The van der Waals surface area contributed by atoms with Crippen molar-refractivity contribution in [3.63, 3.8) is 0 Å². The van der Waals surface area contributed by atoms with Crippen molar-refractivity contribution in [3.05, 3.63) is 47.8 Å². The topological polar surface area (TPSA) is 83.1 Å². The Morgan fingerprint density at radius 3 is 3.32 bits per heavy atom. The summed E-state index contributed by atoms with van der Waals surface area (Å²) in [5, 5.41) is 13.2. The average Bonchev–Trinajstić information content (AvgIpc) is 3.11. The largest absolute Gasteiger partial charge is 0.488 e. The number of carbonyl (C=O) groups excluding carboxylic acids is 1. The van der Waals surface area contributed by atoms with Crippen LogP contribution in [0.1, 0.15) is 18.5 Å². The highest BCUT2D eigenvalue weighted by molar-refractivity contribution is 5.83. The van der Waals surface area contributed by atoms with Gasteiger partial charge in [0, 0.05) is 12.1 Å². The second-order valence-electron chi connectivity index (χ2n) is 5.62. The van der Waals surface area contributed by atoms with Crippen LogP contribution in [-0.2, 0) is 16.1 Å². The fraction of sp³-hybridized carbons (Fsp3) is 0.400. The first-order chi connectivity index (χ1) is 10.8. The Labute approximate surface area is 127 Å². The molecule has 1 saturated heterocycles. The van der Waals surface area contributed by atoms with Gasteiger partial charge in [0.15, 0.2) is 0 Å². The van der Waals surface area contributed by atoms with Crippen LogP contribution in [0.25, 0.3) is 0 Å². The number of carbonyl (C=O) groups is 1. The van der Waals surface area contributed by atoms with Gasteiger partial charge in [-0.15, -0.1) is 0 Å². The molecule has 0 spiro atoms.